The highest BCUT2D eigenvalue weighted by Crippen LogP contribution is 2.35. The summed E-state index contributed by atoms with van der Waals surface area (Å²) >= 11 is 0. The first-order chi connectivity index (χ1) is 11.1. The van der Waals surface area contributed by atoms with Gasteiger partial charge in [0.25, 0.3) is 0 Å². The number of carbonyl (C=O) groups excluding carboxylic acids is 1. The number of ether oxygens (including phenoxy) is 1. The van der Waals surface area contributed by atoms with Crippen LogP contribution in [0.2, 0.25) is 0 Å². The summed E-state index contributed by atoms with van der Waals surface area (Å²) in [7, 11) is 0. The Morgan fingerprint density at radius 3 is 2.65 bits per heavy atom. The van der Waals surface area contributed by atoms with Crippen LogP contribution >= 0.6 is 0 Å². The van der Waals surface area contributed by atoms with Crippen molar-refractivity contribution >= 4 is 17.2 Å². The Hall–Kier alpha value is -1.65. The van der Waals surface area contributed by atoms with Gasteiger partial charge in [-0.1, -0.05) is 31.2 Å². The first kappa shape index (κ1) is 16.2. The van der Waals surface area contributed by atoms with Gasteiger partial charge >= 0.3 is 0 Å². The second-order valence-electron chi connectivity index (χ2n) is 6.62. The molecule has 23 heavy (non-hydrogen) atoms. The maximum Gasteiger partial charge on any atom is 0.241 e. The zero-order chi connectivity index (χ0) is 16.4. The van der Waals surface area contributed by atoms with Gasteiger partial charge in [-0.25, -0.2) is 0 Å². The molecule has 2 heterocycles. The fraction of sp³-hybridized carbons (Fsp3) is 0.526. The molecule has 2 atom stereocenters. The molecule has 124 valence electrons. The van der Waals surface area contributed by atoms with Crippen LogP contribution in [0.1, 0.15) is 26.3 Å². The van der Waals surface area contributed by atoms with Crippen molar-refractivity contribution in [3.8, 4) is 0 Å². The van der Waals surface area contributed by atoms with Gasteiger partial charge in [0.05, 0.1) is 25.4 Å². The molecule has 2 aliphatic heterocycles. The quantitative estimate of drug-likeness (QED) is 0.841. The van der Waals surface area contributed by atoms with Gasteiger partial charge in [0, 0.05) is 24.7 Å². The van der Waals surface area contributed by atoms with Crippen molar-refractivity contribution < 1.29 is 9.53 Å². The number of carbonyl (C=O) groups is 1. The van der Waals surface area contributed by atoms with Gasteiger partial charge in [0.15, 0.2) is 0 Å². The third-order valence-corrected chi connectivity index (χ3v) is 5.00. The van der Waals surface area contributed by atoms with Crippen LogP contribution in [0.4, 0.5) is 5.69 Å². The number of morpholine rings is 1. The molecule has 3 rings (SSSR count). The topological polar surface area (TPSA) is 32.8 Å². The maximum atomic E-state index is 13.1. The Bertz CT molecular complexity index is 605. The minimum Gasteiger partial charge on any atom is -0.379 e. The number of fused-ring (bicyclic) bond motifs is 1. The Labute approximate surface area is 138 Å². The average Bonchev–Trinajstić information content (AvgIpc) is 2.64. The maximum absolute atomic E-state index is 13.1. The van der Waals surface area contributed by atoms with Crippen LogP contribution in [-0.4, -0.2) is 49.7 Å². The van der Waals surface area contributed by atoms with Gasteiger partial charge in [-0.05, 0) is 31.4 Å². The van der Waals surface area contributed by atoms with Gasteiger partial charge in [0.1, 0.15) is 0 Å². The molecule has 2 unspecified atom stereocenters. The summed E-state index contributed by atoms with van der Waals surface area (Å²) in [6.45, 7) is 10.0. The van der Waals surface area contributed by atoms with Crippen LogP contribution in [0, 0.1) is 5.92 Å². The first-order valence-corrected chi connectivity index (χ1v) is 8.48. The Balaban J connectivity index is 1.89. The van der Waals surface area contributed by atoms with Crippen molar-refractivity contribution in [2.75, 3.05) is 37.7 Å². The summed E-state index contributed by atoms with van der Waals surface area (Å²) in [5.41, 5.74) is 3.46. The van der Waals surface area contributed by atoms with E-state index in [1.165, 1.54) is 11.1 Å². The summed E-state index contributed by atoms with van der Waals surface area (Å²) in [6, 6.07) is 8.40. The average molecular weight is 314 g/mol. The van der Waals surface area contributed by atoms with Crippen molar-refractivity contribution in [2.24, 2.45) is 5.92 Å². The van der Waals surface area contributed by atoms with Crippen molar-refractivity contribution in [1.29, 1.82) is 0 Å². The number of nitrogens with zero attached hydrogens (tertiary/aromatic N) is 2. The van der Waals surface area contributed by atoms with Crippen LogP contribution in [-0.2, 0) is 9.53 Å². The lowest BCUT2D eigenvalue weighted by Gasteiger charge is -2.34. The van der Waals surface area contributed by atoms with E-state index in [0.717, 1.165) is 32.0 Å². The summed E-state index contributed by atoms with van der Waals surface area (Å²) in [4.78, 5) is 17.3. The predicted molar refractivity (Wildman–Crippen MR) is 93.5 cm³/mol. The molecular formula is C19H26N2O2. The molecule has 4 heteroatoms. The van der Waals surface area contributed by atoms with E-state index < -0.39 is 0 Å². The van der Waals surface area contributed by atoms with Crippen LogP contribution in [0.15, 0.2) is 30.3 Å². The van der Waals surface area contributed by atoms with Gasteiger partial charge in [-0.3, -0.25) is 9.69 Å². The highest BCUT2D eigenvalue weighted by molar-refractivity contribution is 5.98. The number of benzene rings is 1. The molecule has 1 aromatic carbocycles. The van der Waals surface area contributed by atoms with Crippen molar-refractivity contribution in [3.05, 3.63) is 35.9 Å². The molecule has 1 aromatic rings. The Morgan fingerprint density at radius 1 is 1.22 bits per heavy atom. The summed E-state index contributed by atoms with van der Waals surface area (Å²) in [5, 5.41) is 0. The number of anilines is 1. The van der Waals surface area contributed by atoms with Crippen LogP contribution in [0.25, 0.3) is 5.57 Å². The number of amides is 1. The molecule has 0 spiro atoms. The number of hydrogen-bond acceptors (Lipinski definition) is 3. The van der Waals surface area contributed by atoms with E-state index in [-0.39, 0.29) is 11.9 Å². The normalized spacial score (nSPS) is 25.5. The number of allylic oxidation sites excluding steroid dienone is 1. The SMILES string of the molecule is CC1=CC(C)C(C)N(C(=O)CN2CCOCC2)c2ccccc21. The monoisotopic (exact) mass is 314 g/mol. The van der Waals surface area contributed by atoms with E-state index in [0.29, 0.717) is 12.5 Å². The molecule has 0 bridgehead atoms. The smallest absolute Gasteiger partial charge is 0.241 e. The Morgan fingerprint density at radius 2 is 1.91 bits per heavy atom. The van der Waals surface area contributed by atoms with E-state index in [1.807, 2.05) is 17.0 Å². The fourth-order valence-corrected chi connectivity index (χ4v) is 3.48. The van der Waals surface area contributed by atoms with E-state index in [4.69, 9.17) is 4.74 Å². The lowest BCUT2D eigenvalue weighted by atomic mass is 10.00. The van der Waals surface area contributed by atoms with Crippen molar-refractivity contribution in [2.45, 2.75) is 26.8 Å². The highest BCUT2D eigenvalue weighted by atomic mass is 16.5. The highest BCUT2D eigenvalue weighted by Gasteiger charge is 2.30. The van der Waals surface area contributed by atoms with Crippen molar-refractivity contribution in [1.82, 2.24) is 4.90 Å². The first-order valence-electron chi connectivity index (χ1n) is 8.48. The molecule has 2 aliphatic rings. The van der Waals surface area contributed by atoms with E-state index >= 15 is 0 Å². The van der Waals surface area contributed by atoms with E-state index in [2.05, 4.69) is 43.9 Å². The van der Waals surface area contributed by atoms with Gasteiger partial charge < -0.3 is 9.64 Å². The Kier molecular flexibility index (Phi) is 4.83. The molecule has 0 aliphatic carbocycles. The third-order valence-electron chi connectivity index (χ3n) is 5.00. The van der Waals surface area contributed by atoms with Gasteiger partial charge in [-0.2, -0.15) is 0 Å². The minimum atomic E-state index is 0.155. The van der Waals surface area contributed by atoms with Gasteiger partial charge in [0.2, 0.25) is 5.91 Å². The fourth-order valence-electron chi connectivity index (χ4n) is 3.48. The summed E-state index contributed by atoms with van der Waals surface area (Å²) in [6.07, 6.45) is 2.28. The van der Waals surface area contributed by atoms with Crippen LogP contribution in [0.5, 0.6) is 0 Å². The largest absolute Gasteiger partial charge is 0.379 e. The van der Waals surface area contributed by atoms with Crippen LogP contribution < -0.4 is 4.90 Å². The zero-order valence-electron chi connectivity index (χ0n) is 14.3. The molecular weight excluding hydrogens is 288 g/mol. The van der Waals surface area contributed by atoms with E-state index in [9.17, 15) is 4.79 Å². The number of rotatable bonds is 2. The van der Waals surface area contributed by atoms with Gasteiger partial charge in [-0.15, -0.1) is 0 Å². The van der Waals surface area contributed by atoms with E-state index in [1.54, 1.807) is 0 Å². The molecule has 0 saturated carbocycles. The second kappa shape index (κ2) is 6.85. The lowest BCUT2D eigenvalue weighted by molar-refractivity contribution is -0.121. The molecule has 1 fully saturated rings. The summed E-state index contributed by atoms with van der Waals surface area (Å²) < 4.78 is 5.38. The molecule has 1 saturated heterocycles. The number of hydrogen-bond donors (Lipinski definition) is 0. The second-order valence-corrected chi connectivity index (χ2v) is 6.62. The summed E-state index contributed by atoms with van der Waals surface area (Å²) in [5.74, 6) is 0.512. The molecule has 0 radical (unpaired) electrons. The zero-order valence-corrected chi connectivity index (χ0v) is 14.3. The van der Waals surface area contributed by atoms with Crippen LogP contribution in [0.3, 0.4) is 0 Å². The van der Waals surface area contributed by atoms with Crippen molar-refractivity contribution in [3.63, 3.8) is 0 Å². The minimum absolute atomic E-state index is 0.155. The standard InChI is InChI=1S/C19H26N2O2/c1-14-12-15(2)17-6-4-5-7-18(17)21(16(14)3)19(22)13-20-8-10-23-11-9-20/h4-7,12,14,16H,8-11,13H2,1-3H3. The molecule has 0 N–H and O–H groups in total. The molecule has 0 aromatic heterocycles. The number of para-hydroxylation sites is 1. The molecule has 1 amide bonds. The third kappa shape index (κ3) is 3.33. The lowest BCUT2D eigenvalue weighted by Crippen LogP contribution is -2.49. The predicted octanol–water partition coefficient (Wildman–Crippen LogP) is 2.79. The molecule has 4 nitrogen and oxygen atoms in total.